The molecule has 0 saturated carbocycles. The van der Waals surface area contributed by atoms with Crippen LogP contribution in [-0.4, -0.2) is 78.7 Å². The molecular formula is C29H33Cl2N5O4. The minimum atomic E-state index is -0.0835. The monoisotopic (exact) mass is 585 g/mol. The first-order valence-electron chi connectivity index (χ1n) is 13.3. The molecule has 3 atom stereocenters. The van der Waals surface area contributed by atoms with E-state index in [1.54, 1.807) is 26.5 Å². The van der Waals surface area contributed by atoms with Crippen molar-refractivity contribution < 1.29 is 19.0 Å². The van der Waals surface area contributed by atoms with E-state index in [9.17, 15) is 4.79 Å². The number of ketones is 1. The number of ether oxygens (including phenoxy) is 3. The number of allylic oxidation sites excluding steroid dienone is 1. The third kappa shape index (κ3) is 5.74. The lowest BCUT2D eigenvalue weighted by molar-refractivity contribution is -0.115. The summed E-state index contributed by atoms with van der Waals surface area (Å²) in [5.41, 5.74) is 2.70. The third-order valence-electron chi connectivity index (χ3n) is 7.77. The van der Waals surface area contributed by atoms with Crippen LogP contribution in [0.3, 0.4) is 0 Å². The van der Waals surface area contributed by atoms with Crippen molar-refractivity contribution in [1.29, 1.82) is 0 Å². The summed E-state index contributed by atoms with van der Waals surface area (Å²) in [4.78, 5) is 28.9. The van der Waals surface area contributed by atoms with Crippen LogP contribution in [0.4, 0.5) is 5.95 Å². The second kappa shape index (κ2) is 12.3. The summed E-state index contributed by atoms with van der Waals surface area (Å²) in [5, 5.41) is 4.90. The van der Waals surface area contributed by atoms with Gasteiger partial charge in [0.1, 0.15) is 11.5 Å². The van der Waals surface area contributed by atoms with Gasteiger partial charge in [0.2, 0.25) is 5.95 Å². The number of likely N-dealkylation sites (N-methyl/N-ethyl adjacent to an activating group) is 1. The molecule has 4 heterocycles. The summed E-state index contributed by atoms with van der Waals surface area (Å²) >= 11 is 13.5. The van der Waals surface area contributed by atoms with Gasteiger partial charge in [-0.05, 0) is 38.6 Å². The highest BCUT2D eigenvalue weighted by Gasteiger charge is 2.31. The molecule has 1 aromatic carbocycles. The molecule has 2 fully saturated rings. The van der Waals surface area contributed by atoms with Gasteiger partial charge >= 0.3 is 0 Å². The van der Waals surface area contributed by atoms with Crippen LogP contribution in [0.5, 0.6) is 11.5 Å². The van der Waals surface area contributed by atoms with Gasteiger partial charge < -0.3 is 24.4 Å². The number of nitrogens with one attached hydrogen (secondary N) is 1. The number of nitrogens with zero attached hydrogens (tertiary/aromatic N) is 4. The average Bonchev–Trinajstić information content (AvgIpc) is 3.56. The Morgan fingerprint density at radius 2 is 1.95 bits per heavy atom. The molecule has 0 radical (unpaired) electrons. The SMILES string of the molecule is C=CC(=O)C[C@H]1COC[C@H]1Nc1ncc2cc(-c3c(Cl)c(OC)cc(OC)c3Cl)nc(CC3CCCN3C)c2n1. The third-order valence-corrected chi connectivity index (χ3v) is 8.52. The summed E-state index contributed by atoms with van der Waals surface area (Å²) < 4.78 is 16.6. The zero-order chi connectivity index (χ0) is 28.4. The summed E-state index contributed by atoms with van der Waals surface area (Å²) in [6.07, 6.45) is 6.41. The maximum absolute atomic E-state index is 12.0. The van der Waals surface area contributed by atoms with Crippen LogP contribution in [0, 0.1) is 5.92 Å². The highest BCUT2D eigenvalue weighted by atomic mass is 35.5. The molecule has 9 nitrogen and oxygen atoms in total. The Morgan fingerprint density at radius 3 is 2.60 bits per heavy atom. The zero-order valence-corrected chi connectivity index (χ0v) is 24.4. The molecule has 2 aromatic heterocycles. The van der Waals surface area contributed by atoms with Gasteiger partial charge in [-0.15, -0.1) is 0 Å². The standard InChI is InChI=1S/C29H33Cl2N5O4/c1-5-19(37)9-17-14-40-15-22(17)34-29-32-13-16-10-20(25-26(30)23(38-3)12-24(39-4)27(25)31)33-21(28(16)35-29)11-18-7-6-8-36(18)2/h5,10,12-13,17-18,22H,1,6-9,11,14-15H2,2-4H3,(H,32,34,35)/t17-,18?,22+/m0/s1. The Bertz CT molecular complexity index is 1410. The van der Waals surface area contributed by atoms with Crippen molar-refractivity contribution in [2.45, 2.75) is 37.8 Å². The summed E-state index contributed by atoms with van der Waals surface area (Å²) in [6.45, 7) is 5.60. The molecule has 3 aromatic rings. The molecular weight excluding hydrogens is 553 g/mol. The predicted molar refractivity (Wildman–Crippen MR) is 157 cm³/mol. The zero-order valence-electron chi connectivity index (χ0n) is 22.9. The number of aromatic nitrogens is 3. The second-order valence-electron chi connectivity index (χ2n) is 10.3. The number of pyridine rings is 1. The summed E-state index contributed by atoms with van der Waals surface area (Å²) in [7, 11) is 5.23. The summed E-state index contributed by atoms with van der Waals surface area (Å²) in [6, 6.07) is 3.80. The van der Waals surface area contributed by atoms with Crippen LogP contribution in [-0.2, 0) is 16.0 Å². The van der Waals surface area contributed by atoms with Gasteiger partial charge in [0.15, 0.2) is 5.78 Å². The van der Waals surface area contributed by atoms with Crippen LogP contribution >= 0.6 is 23.2 Å². The van der Waals surface area contributed by atoms with Gasteiger partial charge in [0.25, 0.3) is 0 Å². The Balaban J connectivity index is 1.57. The normalized spacial score (nSPS) is 21.1. The smallest absolute Gasteiger partial charge is 0.223 e. The van der Waals surface area contributed by atoms with E-state index in [-0.39, 0.29) is 17.7 Å². The molecule has 0 aliphatic carbocycles. The first-order chi connectivity index (χ1) is 19.3. The predicted octanol–water partition coefficient (Wildman–Crippen LogP) is 5.22. The molecule has 0 spiro atoms. The van der Waals surface area contributed by atoms with E-state index in [1.807, 2.05) is 6.07 Å². The van der Waals surface area contributed by atoms with Crippen LogP contribution < -0.4 is 14.8 Å². The number of hydrogen-bond acceptors (Lipinski definition) is 9. The minimum Gasteiger partial charge on any atom is -0.495 e. The number of rotatable bonds is 10. The molecule has 11 heteroatoms. The van der Waals surface area contributed by atoms with E-state index in [2.05, 4.69) is 28.8 Å². The van der Waals surface area contributed by atoms with Gasteiger partial charge in [-0.2, -0.15) is 0 Å². The maximum atomic E-state index is 12.0. The van der Waals surface area contributed by atoms with Gasteiger partial charge in [-0.3, -0.25) is 9.78 Å². The van der Waals surface area contributed by atoms with Crippen LogP contribution in [0.15, 0.2) is 31.0 Å². The largest absolute Gasteiger partial charge is 0.495 e. The number of carbonyl (C=O) groups is 1. The Kier molecular flexibility index (Phi) is 8.75. The van der Waals surface area contributed by atoms with Crippen molar-refractivity contribution in [3.8, 4) is 22.8 Å². The second-order valence-corrected chi connectivity index (χ2v) is 11.0. The molecule has 5 rings (SSSR count). The van der Waals surface area contributed by atoms with E-state index in [0.29, 0.717) is 70.8 Å². The van der Waals surface area contributed by atoms with Crippen molar-refractivity contribution in [2.75, 3.05) is 46.3 Å². The number of carbonyl (C=O) groups excluding carboxylic acids is 1. The number of methoxy groups -OCH3 is 2. The highest BCUT2D eigenvalue weighted by molar-refractivity contribution is 6.41. The van der Waals surface area contributed by atoms with Crippen molar-refractivity contribution in [3.63, 3.8) is 0 Å². The molecule has 1 unspecified atom stereocenters. The fraction of sp³-hybridized carbons (Fsp3) is 0.448. The lowest BCUT2D eigenvalue weighted by atomic mass is 9.97. The fourth-order valence-corrected chi connectivity index (χ4v) is 6.18. The fourth-order valence-electron chi connectivity index (χ4n) is 5.48. The minimum absolute atomic E-state index is 0.00655. The Hall–Kier alpha value is -2.98. The van der Waals surface area contributed by atoms with E-state index in [4.69, 9.17) is 47.4 Å². The summed E-state index contributed by atoms with van der Waals surface area (Å²) in [5.74, 6) is 1.36. The highest BCUT2D eigenvalue weighted by Crippen LogP contribution is 2.46. The first-order valence-corrected chi connectivity index (χ1v) is 14.0. The lowest BCUT2D eigenvalue weighted by Crippen LogP contribution is -2.30. The molecule has 0 amide bonds. The molecule has 2 aliphatic rings. The van der Waals surface area contributed by atoms with E-state index in [0.717, 1.165) is 36.0 Å². The molecule has 2 saturated heterocycles. The number of anilines is 1. The molecule has 0 bridgehead atoms. The van der Waals surface area contributed by atoms with E-state index >= 15 is 0 Å². The quantitative estimate of drug-likeness (QED) is 0.321. The number of hydrogen-bond donors (Lipinski definition) is 1. The van der Waals surface area contributed by atoms with Crippen molar-refractivity contribution in [1.82, 2.24) is 19.9 Å². The van der Waals surface area contributed by atoms with Gasteiger partial charge in [0, 0.05) is 48.0 Å². The van der Waals surface area contributed by atoms with Crippen molar-refractivity contribution in [3.05, 3.63) is 46.7 Å². The van der Waals surface area contributed by atoms with Gasteiger partial charge in [-0.1, -0.05) is 29.8 Å². The van der Waals surface area contributed by atoms with Crippen LogP contribution in [0.25, 0.3) is 22.2 Å². The number of benzene rings is 1. The molecule has 2 aliphatic heterocycles. The number of fused-ring (bicyclic) bond motifs is 1. The Labute approximate surface area is 243 Å². The topological polar surface area (TPSA) is 98.7 Å². The van der Waals surface area contributed by atoms with Crippen LogP contribution in [0.2, 0.25) is 10.0 Å². The number of halogens is 2. The number of likely N-dealkylation sites (tertiary alicyclic amines) is 1. The van der Waals surface area contributed by atoms with E-state index < -0.39 is 0 Å². The van der Waals surface area contributed by atoms with E-state index in [1.165, 1.54) is 6.08 Å². The van der Waals surface area contributed by atoms with Crippen molar-refractivity contribution >= 4 is 45.8 Å². The van der Waals surface area contributed by atoms with Gasteiger partial charge in [0.05, 0.1) is 60.4 Å². The maximum Gasteiger partial charge on any atom is 0.223 e. The van der Waals surface area contributed by atoms with Crippen LogP contribution in [0.1, 0.15) is 25.0 Å². The molecule has 1 N–H and O–H groups in total. The molecule has 212 valence electrons. The molecule has 40 heavy (non-hydrogen) atoms. The lowest BCUT2D eigenvalue weighted by Gasteiger charge is -2.21. The van der Waals surface area contributed by atoms with Gasteiger partial charge in [-0.25, -0.2) is 9.97 Å². The van der Waals surface area contributed by atoms with Crippen molar-refractivity contribution in [2.24, 2.45) is 5.92 Å². The average molecular weight is 587 g/mol. The Morgan fingerprint density at radius 1 is 1.20 bits per heavy atom. The first kappa shape index (κ1) is 28.5.